The van der Waals surface area contributed by atoms with Crippen LogP contribution in [0.1, 0.15) is 16.9 Å². The molecule has 6 nitrogen and oxygen atoms in total. The molecule has 0 atom stereocenters. The third-order valence-corrected chi connectivity index (χ3v) is 7.21. The second-order valence-electron chi connectivity index (χ2n) is 6.30. The first-order valence-corrected chi connectivity index (χ1v) is 11.1. The number of carbonyl (C=O) groups excluding carboxylic acids is 1. The van der Waals surface area contributed by atoms with Gasteiger partial charge in [-0.15, -0.1) is 21.5 Å². The summed E-state index contributed by atoms with van der Waals surface area (Å²) in [6.45, 7) is 0. The highest BCUT2D eigenvalue weighted by Gasteiger charge is 2.22. The van der Waals surface area contributed by atoms with Gasteiger partial charge in [-0.25, -0.2) is 4.98 Å². The largest absolute Gasteiger partial charge is 0.325 e. The standard InChI is InChI=1S/C18H14BrN5OS2/c19-10-4-6-11(7-5-10)21-14(25)8-26-18-23-22-16-15-12-2-1-3-13(12)27-17(15)20-9-24(16)18/h4-7,9H,1-3,8H2,(H,21,25). The molecule has 1 aliphatic carbocycles. The molecule has 9 heteroatoms. The predicted molar refractivity (Wildman–Crippen MR) is 112 cm³/mol. The smallest absolute Gasteiger partial charge is 0.234 e. The molecular weight excluding hydrogens is 446 g/mol. The summed E-state index contributed by atoms with van der Waals surface area (Å²) in [7, 11) is 0. The molecule has 1 N–H and O–H groups in total. The summed E-state index contributed by atoms with van der Waals surface area (Å²) in [6, 6.07) is 7.50. The van der Waals surface area contributed by atoms with E-state index in [4.69, 9.17) is 0 Å². The summed E-state index contributed by atoms with van der Waals surface area (Å²) >= 11 is 6.51. The molecule has 136 valence electrons. The Balaban J connectivity index is 1.37. The molecule has 1 aliphatic rings. The van der Waals surface area contributed by atoms with Crippen LogP contribution in [0.25, 0.3) is 15.9 Å². The van der Waals surface area contributed by atoms with Crippen molar-refractivity contribution >= 4 is 66.5 Å². The van der Waals surface area contributed by atoms with E-state index in [0.29, 0.717) is 5.16 Å². The van der Waals surface area contributed by atoms with Gasteiger partial charge in [0.05, 0.1) is 11.1 Å². The third kappa shape index (κ3) is 3.13. The van der Waals surface area contributed by atoms with Crippen LogP contribution in [0.5, 0.6) is 0 Å². The monoisotopic (exact) mass is 459 g/mol. The fourth-order valence-corrected chi connectivity index (χ4v) is 5.52. The Morgan fingerprint density at radius 2 is 2.11 bits per heavy atom. The van der Waals surface area contributed by atoms with Crippen molar-refractivity contribution in [2.24, 2.45) is 0 Å². The van der Waals surface area contributed by atoms with Crippen LogP contribution >= 0.6 is 39.0 Å². The van der Waals surface area contributed by atoms with Crippen molar-refractivity contribution in [1.29, 1.82) is 0 Å². The van der Waals surface area contributed by atoms with Gasteiger partial charge in [-0.1, -0.05) is 27.7 Å². The van der Waals surface area contributed by atoms with Gasteiger partial charge >= 0.3 is 0 Å². The van der Waals surface area contributed by atoms with E-state index in [2.05, 4.69) is 36.4 Å². The number of anilines is 1. The normalized spacial score (nSPS) is 13.4. The molecule has 0 fully saturated rings. The van der Waals surface area contributed by atoms with Gasteiger partial charge in [0, 0.05) is 15.0 Å². The number of amides is 1. The summed E-state index contributed by atoms with van der Waals surface area (Å²) in [4.78, 5) is 19.3. The van der Waals surface area contributed by atoms with Crippen LogP contribution in [-0.4, -0.2) is 31.2 Å². The first-order chi connectivity index (χ1) is 13.2. The molecule has 1 aromatic carbocycles. The lowest BCUT2D eigenvalue weighted by atomic mass is 10.2. The van der Waals surface area contributed by atoms with E-state index in [0.717, 1.165) is 38.9 Å². The molecule has 5 rings (SSSR count). The molecule has 4 aromatic rings. The highest BCUT2D eigenvalue weighted by molar-refractivity contribution is 9.10. The first kappa shape index (κ1) is 17.2. The molecule has 3 heterocycles. The number of hydrogen-bond donors (Lipinski definition) is 1. The second-order valence-corrected chi connectivity index (χ2v) is 9.24. The molecule has 0 saturated heterocycles. The molecular formula is C18H14BrN5OS2. The van der Waals surface area contributed by atoms with Crippen molar-refractivity contribution in [2.75, 3.05) is 11.1 Å². The average molecular weight is 460 g/mol. The number of nitrogens with zero attached hydrogens (tertiary/aromatic N) is 4. The van der Waals surface area contributed by atoms with Gasteiger partial charge in [0.1, 0.15) is 11.2 Å². The second kappa shape index (κ2) is 6.88. The molecule has 0 saturated carbocycles. The van der Waals surface area contributed by atoms with Crippen LogP contribution in [0.2, 0.25) is 0 Å². The molecule has 0 bridgehead atoms. The van der Waals surface area contributed by atoms with Gasteiger partial charge in [-0.05, 0) is 49.1 Å². The van der Waals surface area contributed by atoms with Gasteiger partial charge in [-0.2, -0.15) is 0 Å². The van der Waals surface area contributed by atoms with Crippen LogP contribution in [0.3, 0.4) is 0 Å². The molecule has 3 aromatic heterocycles. The SMILES string of the molecule is O=C(CSc1nnc2c3c4c(sc3ncn12)CCC4)Nc1ccc(Br)cc1. The summed E-state index contributed by atoms with van der Waals surface area (Å²) in [6.07, 6.45) is 5.18. The maximum atomic E-state index is 12.2. The number of fused-ring (bicyclic) bond motifs is 5. The third-order valence-electron chi connectivity index (χ3n) is 4.54. The van der Waals surface area contributed by atoms with Gasteiger partial charge < -0.3 is 5.32 Å². The molecule has 0 aliphatic heterocycles. The Morgan fingerprint density at radius 3 is 2.96 bits per heavy atom. The maximum absolute atomic E-state index is 12.2. The summed E-state index contributed by atoms with van der Waals surface area (Å²) in [5, 5.41) is 13.4. The fourth-order valence-electron chi connectivity index (χ4n) is 3.33. The summed E-state index contributed by atoms with van der Waals surface area (Å²) in [5.74, 6) is 0.181. The minimum absolute atomic E-state index is 0.0791. The number of benzene rings is 1. The number of rotatable bonds is 4. The zero-order valence-corrected chi connectivity index (χ0v) is 17.3. The van der Waals surface area contributed by atoms with Crippen molar-refractivity contribution < 1.29 is 4.79 Å². The molecule has 0 radical (unpaired) electrons. The number of aromatic nitrogens is 4. The van der Waals surface area contributed by atoms with Gasteiger partial charge in [0.15, 0.2) is 10.8 Å². The topological polar surface area (TPSA) is 72.2 Å². The van der Waals surface area contributed by atoms with Crippen LogP contribution in [-0.2, 0) is 17.6 Å². The van der Waals surface area contributed by atoms with E-state index in [9.17, 15) is 4.79 Å². The van der Waals surface area contributed by atoms with E-state index in [-0.39, 0.29) is 11.7 Å². The number of aryl methyl sites for hydroxylation is 2. The predicted octanol–water partition coefficient (Wildman–Crippen LogP) is 4.32. The van der Waals surface area contributed by atoms with Crippen LogP contribution in [0, 0.1) is 0 Å². The summed E-state index contributed by atoms with van der Waals surface area (Å²) < 4.78 is 2.87. The highest BCUT2D eigenvalue weighted by Crippen LogP contribution is 2.38. The van der Waals surface area contributed by atoms with E-state index >= 15 is 0 Å². The Morgan fingerprint density at radius 1 is 1.26 bits per heavy atom. The van der Waals surface area contributed by atoms with Crippen LogP contribution in [0.15, 0.2) is 40.2 Å². The lowest BCUT2D eigenvalue weighted by Gasteiger charge is -2.04. The Labute approximate surface area is 171 Å². The van der Waals surface area contributed by atoms with E-state index in [1.54, 1.807) is 17.7 Å². The Bertz CT molecular complexity index is 1170. The van der Waals surface area contributed by atoms with E-state index < -0.39 is 0 Å². The zero-order chi connectivity index (χ0) is 18.4. The molecule has 0 spiro atoms. The number of halogens is 1. The fraction of sp³-hybridized carbons (Fsp3) is 0.222. The van der Waals surface area contributed by atoms with Crippen LogP contribution < -0.4 is 5.32 Å². The molecule has 0 unspecified atom stereocenters. The minimum Gasteiger partial charge on any atom is -0.325 e. The Hall–Kier alpha value is -1.97. The number of thiophene rings is 1. The van der Waals surface area contributed by atoms with Crippen molar-refractivity contribution in [2.45, 2.75) is 24.4 Å². The summed E-state index contributed by atoms with van der Waals surface area (Å²) in [5.41, 5.74) is 2.99. The van der Waals surface area contributed by atoms with Gasteiger partial charge in [0.2, 0.25) is 5.91 Å². The number of hydrogen-bond acceptors (Lipinski definition) is 6. The lowest BCUT2D eigenvalue weighted by Crippen LogP contribution is -2.14. The molecule has 1 amide bonds. The van der Waals surface area contributed by atoms with Crippen molar-refractivity contribution in [3.8, 4) is 0 Å². The highest BCUT2D eigenvalue weighted by atomic mass is 79.9. The number of nitrogens with one attached hydrogen (secondary N) is 1. The van der Waals surface area contributed by atoms with Crippen molar-refractivity contribution in [3.05, 3.63) is 45.5 Å². The van der Waals surface area contributed by atoms with Gasteiger partial charge in [0.25, 0.3) is 0 Å². The number of thioether (sulfide) groups is 1. The lowest BCUT2D eigenvalue weighted by molar-refractivity contribution is -0.113. The van der Waals surface area contributed by atoms with Gasteiger partial charge in [-0.3, -0.25) is 9.20 Å². The number of carbonyl (C=O) groups is 1. The van der Waals surface area contributed by atoms with Crippen molar-refractivity contribution in [3.63, 3.8) is 0 Å². The van der Waals surface area contributed by atoms with E-state index in [1.807, 2.05) is 28.7 Å². The average Bonchev–Trinajstić information content (AvgIpc) is 3.35. The minimum atomic E-state index is -0.0791. The first-order valence-electron chi connectivity index (χ1n) is 8.51. The van der Waals surface area contributed by atoms with Crippen LogP contribution in [0.4, 0.5) is 5.69 Å². The Kier molecular flexibility index (Phi) is 4.37. The zero-order valence-electron chi connectivity index (χ0n) is 14.1. The van der Waals surface area contributed by atoms with E-state index in [1.165, 1.54) is 28.6 Å². The quantitative estimate of drug-likeness (QED) is 0.460. The van der Waals surface area contributed by atoms with Crippen molar-refractivity contribution in [1.82, 2.24) is 19.6 Å². The molecule has 27 heavy (non-hydrogen) atoms. The maximum Gasteiger partial charge on any atom is 0.234 e.